The molecule has 1 rings (SSSR count). The molecular formula is C12H18O. The van der Waals surface area contributed by atoms with Crippen LogP contribution in [0.2, 0.25) is 0 Å². The predicted molar refractivity (Wildman–Crippen MR) is 55.5 cm³/mol. The summed E-state index contributed by atoms with van der Waals surface area (Å²) in [6, 6.07) is 0. The zero-order chi connectivity index (χ0) is 9.68. The highest BCUT2D eigenvalue weighted by Gasteiger charge is 2.16. The first kappa shape index (κ1) is 10.2. The SMILES string of the molecule is C=C1C=C[C@H]([C@H](C)CCC=O)CC1. The second-order valence-electron chi connectivity index (χ2n) is 3.94. The average molecular weight is 178 g/mol. The quantitative estimate of drug-likeness (QED) is 0.604. The van der Waals surface area contributed by atoms with Gasteiger partial charge in [0, 0.05) is 6.42 Å². The third-order valence-corrected chi connectivity index (χ3v) is 2.85. The van der Waals surface area contributed by atoms with E-state index < -0.39 is 0 Å². The van der Waals surface area contributed by atoms with E-state index in [0.717, 1.165) is 19.1 Å². The molecule has 0 saturated heterocycles. The van der Waals surface area contributed by atoms with Crippen LogP contribution in [0.5, 0.6) is 0 Å². The molecule has 0 aromatic carbocycles. The molecule has 0 radical (unpaired) electrons. The van der Waals surface area contributed by atoms with Crippen molar-refractivity contribution in [2.24, 2.45) is 11.8 Å². The van der Waals surface area contributed by atoms with Crippen molar-refractivity contribution in [2.75, 3.05) is 0 Å². The summed E-state index contributed by atoms with van der Waals surface area (Å²) in [5, 5.41) is 0. The summed E-state index contributed by atoms with van der Waals surface area (Å²) in [4.78, 5) is 10.2. The fourth-order valence-electron chi connectivity index (χ4n) is 1.81. The van der Waals surface area contributed by atoms with Crippen LogP contribution in [0.4, 0.5) is 0 Å². The monoisotopic (exact) mass is 178 g/mol. The average Bonchev–Trinajstić information content (AvgIpc) is 2.15. The van der Waals surface area contributed by atoms with Gasteiger partial charge in [-0.1, -0.05) is 31.2 Å². The van der Waals surface area contributed by atoms with Gasteiger partial charge in [0.05, 0.1) is 0 Å². The van der Waals surface area contributed by atoms with E-state index in [1.165, 1.54) is 12.0 Å². The molecule has 0 aliphatic heterocycles. The van der Waals surface area contributed by atoms with Crippen LogP contribution in [0, 0.1) is 11.8 Å². The van der Waals surface area contributed by atoms with Crippen molar-refractivity contribution >= 4 is 6.29 Å². The van der Waals surface area contributed by atoms with Gasteiger partial charge in [-0.25, -0.2) is 0 Å². The maximum atomic E-state index is 10.2. The Kier molecular flexibility index (Phi) is 3.94. The van der Waals surface area contributed by atoms with Gasteiger partial charge in [0.25, 0.3) is 0 Å². The molecule has 0 heterocycles. The molecule has 0 amide bonds. The molecule has 0 unspecified atom stereocenters. The molecule has 0 saturated carbocycles. The van der Waals surface area contributed by atoms with Gasteiger partial charge in [0.1, 0.15) is 6.29 Å². The second kappa shape index (κ2) is 5.00. The third kappa shape index (κ3) is 3.17. The molecule has 1 nitrogen and oxygen atoms in total. The molecule has 72 valence electrons. The van der Waals surface area contributed by atoms with Crippen LogP contribution in [0.3, 0.4) is 0 Å². The summed E-state index contributed by atoms with van der Waals surface area (Å²) >= 11 is 0. The fraction of sp³-hybridized carbons (Fsp3) is 0.583. The van der Waals surface area contributed by atoms with E-state index in [1.807, 2.05) is 0 Å². The Morgan fingerprint density at radius 3 is 3.08 bits per heavy atom. The van der Waals surface area contributed by atoms with Crippen molar-refractivity contribution in [3.8, 4) is 0 Å². The first-order valence-corrected chi connectivity index (χ1v) is 5.03. The first-order valence-electron chi connectivity index (χ1n) is 5.03. The maximum Gasteiger partial charge on any atom is 0.120 e. The number of hydrogen-bond acceptors (Lipinski definition) is 1. The lowest BCUT2D eigenvalue weighted by Crippen LogP contribution is -2.12. The van der Waals surface area contributed by atoms with Crippen LogP contribution in [0.1, 0.15) is 32.6 Å². The van der Waals surface area contributed by atoms with Crippen LogP contribution < -0.4 is 0 Å². The second-order valence-corrected chi connectivity index (χ2v) is 3.94. The minimum absolute atomic E-state index is 0.634. The van der Waals surface area contributed by atoms with Crippen LogP contribution in [-0.4, -0.2) is 6.29 Å². The van der Waals surface area contributed by atoms with Gasteiger partial charge in [-0.3, -0.25) is 0 Å². The third-order valence-electron chi connectivity index (χ3n) is 2.85. The molecule has 13 heavy (non-hydrogen) atoms. The van der Waals surface area contributed by atoms with Crippen molar-refractivity contribution in [1.82, 2.24) is 0 Å². The van der Waals surface area contributed by atoms with E-state index in [1.54, 1.807) is 0 Å². The molecular weight excluding hydrogens is 160 g/mol. The Bertz CT molecular complexity index is 215. The van der Waals surface area contributed by atoms with Crippen LogP contribution >= 0.6 is 0 Å². The van der Waals surface area contributed by atoms with E-state index in [2.05, 4.69) is 25.7 Å². The van der Waals surface area contributed by atoms with Gasteiger partial charge < -0.3 is 4.79 Å². The number of allylic oxidation sites excluding steroid dienone is 3. The Labute approximate surface area is 80.5 Å². The smallest absolute Gasteiger partial charge is 0.120 e. The lowest BCUT2D eigenvalue weighted by Gasteiger charge is -2.23. The van der Waals surface area contributed by atoms with Crippen molar-refractivity contribution in [3.63, 3.8) is 0 Å². The van der Waals surface area contributed by atoms with Crippen molar-refractivity contribution in [1.29, 1.82) is 0 Å². The highest BCUT2D eigenvalue weighted by atomic mass is 16.1. The van der Waals surface area contributed by atoms with Crippen molar-refractivity contribution in [2.45, 2.75) is 32.6 Å². The van der Waals surface area contributed by atoms with Gasteiger partial charge >= 0.3 is 0 Å². The predicted octanol–water partition coefficient (Wildman–Crippen LogP) is 3.12. The van der Waals surface area contributed by atoms with Gasteiger partial charge in [0.2, 0.25) is 0 Å². The van der Waals surface area contributed by atoms with Crippen molar-refractivity contribution in [3.05, 3.63) is 24.3 Å². The van der Waals surface area contributed by atoms with Gasteiger partial charge in [-0.2, -0.15) is 0 Å². The normalized spacial score (nSPS) is 24.4. The molecule has 0 aromatic rings. The summed E-state index contributed by atoms with van der Waals surface area (Å²) in [5.41, 5.74) is 1.24. The molecule has 1 heteroatoms. The Morgan fingerprint density at radius 1 is 1.77 bits per heavy atom. The Balaban J connectivity index is 2.39. The Morgan fingerprint density at radius 2 is 2.54 bits per heavy atom. The largest absolute Gasteiger partial charge is 0.303 e. The number of carbonyl (C=O) groups excluding carboxylic acids is 1. The van der Waals surface area contributed by atoms with E-state index >= 15 is 0 Å². The van der Waals surface area contributed by atoms with Gasteiger partial charge in [0.15, 0.2) is 0 Å². The topological polar surface area (TPSA) is 17.1 Å². The van der Waals surface area contributed by atoms with E-state index in [-0.39, 0.29) is 0 Å². The number of hydrogen-bond donors (Lipinski definition) is 0. The maximum absolute atomic E-state index is 10.2. The summed E-state index contributed by atoms with van der Waals surface area (Å²) in [5.74, 6) is 1.29. The molecule has 0 bridgehead atoms. The molecule has 0 spiro atoms. The number of rotatable bonds is 4. The minimum Gasteiger partial charge on any atom is -0.303 e. The minimum atomic E-state index is 0.634. The Hall–Kier alpha value is -0.850. The number of aldehydes is 1. The number of carbonyl (C=O) groups is 1. The molecule has 0 N–H and O–H groups in total. The summed E-state index contributed by atoms with van der Waals surface area (Å²) < 4.78 is 0. The highest BCUT2D eigenvalue weighted by molar-refractivity contribution is 5.49. The van der Waals surface area contributed by atoms with Crippen LogP contribution in [-0.2, 0) is 4.79 Å². The summed E-state index contributed by atoms with van der Waals surface area (Å²) in [7, 11) is 0. The lowest BCUT2D eigenvalue weighted by atomic mass is 9.82. The lowest BCUT2D eigenvalue weighted by molar-refractivity contribution is -0.108. The summed E-state index contributed by atoms with van der Waals surface area (Å²) in [6.07, 6.45) is 9.44. The fourth-order valence-corrected chi connectivity index (χ4v) is 1.81. The van der Waals surface area contributed by atoms with Gasteiger partial charge in [-0.15, -0.1) is 0 Å². The molecule has 2 atom stereocenters. The van der Waals surface area contributed by atoms with Gasteiger partial charge in [-0.05, 0) is 31.1 Å². The summed E-state index contributed by atoms with van der Waals surface area (Å²) in [6.45, 7) is 6.16. The van der Waals surface area contributed by atoms with Crippen LogP contribution in [0.15, 0.2) is 24.3 Å². The molecule has 0 aromatic heterocycles. The molecule has 1 aliphatic rings. The van der Waals surface area contributed by atoms with Crippen molar-refractivity contribution < 1.29 is 4.79 Å². The zero-order valence-electron chi connectivity index (χ0n) is 8.33. The zero-order valence-corrected chi connectivity index (χ0v) is 8.33. The van der Waals surface area contributed by atoms with Crippen LogP contribution in [0.25, 0.3) is 0 Å². The standard InChI is InChI=1S/C12H18O/c1-10-5-7-12(8-6-10)11(2)4-3-9-13/h5,7,9,11-12H,1,3-4,6,8H2,2H3/t11-,12+/m1/s1. The molecule has 1 aliphatic carbocycles. The first-order chi connectivity index (χ1) is 6.24. The molecule has 0 fully saturated rings. The van der Waals surface area contributed by atoms with E-state index in [0.29, 0.717) is 18.3 Å². The van der Waals surface area contributed by atoms with E-state index in [9.17, 15) is 4.79 Å². The highest BCUT2D eigenvalue weighted by Crippen LogP contribution is 2.28. The van der Waals surface area contributed by atoms with E-state index in [4.69, 9.17) is 0 Å².